The zero-order chi connectivity index (χ0) is 8.65. The number of nitrogens with zero attached hydrogens (tertiary/aromatic N) is 1. The molecule has 1 atom stereocenters. The summed E-state index contributed by atoms with van der Waals surface area (Å²) in [5, 5.41) is 1.94. The monoisotopic (exact) mass is 163 g/mol. The van der Waals surface area contributed by atoms with E-state index in [2.05, 4.69) is 4.99 Å². The highest BCUT2D eigenvalue weighted by molar-refractivity contribution is 6.00. The minimum Gasteiger partial charge on any atom is -0.382 e. The highest BCUT2D eigenvalue weighted by Gasteiger charge is 2.45. The van der Waals surface area contributed by atoms with Crippen LogP contribution in [-0.4, -0.2) is 23.8 Å². The second-order valence-electron chi connectivity index (χ2n) is 2.29. The third-order valence-corrected chi connectivity index (χ3v) is 1.45. The number of amidine groups is 1. The first-order valence-corrected chi connectivity index (χ1v) is 2.97. The quantitative estimate of drug-likeness (QED) is 0.531. The normalized spacial score (nSPS) is 29.2. The Labute approximate surface area is 61.5 Å². The molecule has 0 radical (unpaired) electrons. The third-order valence-electron chi connectivity index (χ3n) is 1.45. The predicted molar refractivity (Wildman–Crippen MR) is 34.6 cm³/mol. The van der Waals surface area contributed by atoms with E-state index >= 15 is 0 Å². The Balaban J connectivity index is 2.99. The Kier molecular flexibility index (Phi) is 1.54. The number of nitrogens with one attached hydrogen (secondary N) is 1. The van der Waals surface area contributed by atoms with Crippen LogP contribution >= 0.6 is 0 Å². The summed E-state index contributed by atoms with van der Waals surface area (Å²) in [7, 11) is 0. The maximum absolute atomic E-state index is 12.7. The van der Waals surface area contributed by atoms with E-state index in [0.717, 1.165) is 0 Å². The van der Waals surface area contributed by atoms with Gasteiger partial charge in [-0.25, -0.2) is 4.79 Å². The van der Waals surface area contributed by atoms with Gasteiger partial charge in [0.15, 0.2) is 5.84 Å². The number of carbonyl (C=O) groups is 1. The summed E-state index contributed by atoms with van der Waals surface area (Å²) in [6.45, 7) is 1.17. The maximum atomic E-state index is 12.7. The lowest BCUT2D eigenvalue weighted by Gasteiger charge is -2.26. The van der Waals surface area contributed by atoms with E-state index in [0.29, 0.717) is 0 Å². The Morgan fingerprint density at radius 1 is 1.73 bits per heavy atom. The van der Waals surface area contributed by atoms with E-state index in [9.17, 15) is 13.6 Å². The molecule has 62 valence electrons. The van der Waals surface area contributed by atoms with Gasteiger partial charge in [0, 0.05) is 0 Å². The smallest absolute Gasteiger partial charge is 0.343 e. The molecule has 0 bridgehead atoms. The van der Waals surface area contributed by atoms with Crippen molar-refractivity contribution in [2.45, 2.75) is 18.9 Å². The summed E-state index contributed by atoms with van der Waals surface area (Å²) < 4.78 is 25.4. The first-order valence-electron chi connectivity index (χ1n) is 2.97. The summed E-state index contributed by atoms with van der Waals surface area (Å²) in [5.41, 5.74) is 4.83. The van der Waals surface area contributed by atoms with E-state index < -0.39 is 23.8 Å². The zero-order valence-corrected chi connectivity index (χ0v) is 5.77. The van der Waals surface area contributed by atoms with E-state index in [4.69, 9.17) is 5.73 Å². The molecule has 1 unspecified atom stereocenters. The molecule has 1 aliphatic heterocycles. The van der Waals surface area contributed by atoms with Gasteiger partial charge in [0.1, 0.15) is 0 Å². The number of rotatable bonds is 0. The van der Waals surface area contributed by atoms with Gasteiger partial charge in [-0.1, -0.05) is 0 Å². The van der Waals surface area contributed by atoms with Gasteiger partial charge in [-0.2, -0.15) is 13.8 Å². The molecule has 3 N–H and O–H groups in total. The fourth-order valence-corrected chi connectivity index (χ4v) is 0.714. The van der Waals surface area contributed by atoms with Crippen molar-refractivity contribution in [2.24, 2.45) is 10.7 Å². The van der Waals surface area contributed by atoms with Gasteiger partial charge in [-0.05, 0) is 6.92 Å². The highest BCUT2D eigenvalue weighted by atomic mass is 19.3. The van der Waals surface area contributed by atoms with Crippen LogP contribution in [0, 0.1) is 0 Å². The molecule has 11 heavy (non-hydrogen) atoms. The van der Waals surface area contributed by atoms with Crippen molar-refractivity contribution in [3.8, 4) is 0 Å². The number of alkyl halides is 2. The first-order chi connectivity index (χ1) is 4.94. The fraction of sp³-hybridized carbons (Fsp3) is 0.600. The molecule has 2 amide bonds. The Morgan fingerprint density at radius 3 is 2.73 bits per heavy atom. The number of halogens is 2. The second kappa shape index (κ2) is 2.14. The van der Waals surface area contributed by atoms with Gasteiger partial charge < -0.3 is 11.1 Å². The minimum absolute atomic E-state index is 0.819. The first kappa shape index (κ1) is 7.90. The molecule has 0 fully saturated rings. The third kappa shape index (κ3) is 1.15. The molecule has 1 aliphatic rings. The molecular weight excluding hydrogens is 156 g/mol. The molecule has 1 heterocycles. The van der Waals surface area contributed by atoms with Crippen LogP contribution in [0.5, 0.6) is 0 Å². The van der Waals surface area contributed by atoms with E-state index in [1.807, 2.05) is 5.32 Å². The largest absolute Gasteiger partial charge is 0.382 e. The minimum atomic E-state index is -3.23. The SMILES string of the molecule is CC1NC(=O)N=C(N)C1(F)F. The second-order valence-corrected chi connectivity index (χ2v) is 2.29. The van der Waals surface area contributed by atoms with E-state index in [1.165, 1.54) is 6.92 Å². The zero-order valence-electron chi connectivity index (χ0n) is 5.77. The average Bonchev–Trinajstić information content (AvgIpc) is 1.84. The van der Waals surface area contributed by atoms with Crippen molar-refractivity contribution in [2.75, 3.05) is 0 Å². The molecule has 0 aromatic carbocycles. The molecule has 0 spiro atoms. The molecule has 0 saturated carbocycles. The highest BCUT2D eigenvalue weighted by Crippen LogP contribution is 2.21. The van der Waals surface area contributed by atoms with Gasteiger partial charge in [0.2, 0.25) is 0 Å². The Bertz CT molecular complexity index is 226. The number of carbonyl (C=O) groups excluding carboxylic acids is 1. The van der Waals surface area contributed by atoms with Crippen LogP contribution in [0.4, 0.5) is 13.6 Å². The topological polar surface area (TPSA) is 67.5 Å². The van der Waals surface area contributed by atoms with Gasteiger partial charge in [-0.3, -0.25) is 0 Å². The lowest BCUT2D eigenvalue weighted by Crippen LogP contribution is -2.56. The van der Waals surface area contributed by atoms with Crippen LogP contribution in [-0.2, 0) is 0 Å². The van der Waals surface area contributed by atoms with Crippen LogP contribution in [0.3, 0.4) is 0 Å². The predicted octanol–water partition coefficient (Wildman–Crippen LogP) is 0.0906. The molecule has 0 saturated heterocycles. The Morgan fingerprint density at radius 2 is 2.27 bits per heavy atom. The number of aliphatic imine (C=N–C) groups is 1. The van der Waals surface area contributed by atoms with Gasteiger partial charge in [0.25, 0.3) is 0 Å². The van der Waals surface area contributed by atoms with Crippen LogP contribution < -0.4 is 11.1 Å². The lowest BCUT2D eigenvalue weighted by atomic mass is 10.1. The van der Waals surface area contributed by atoms with Crippen molar-refractivity contribution in [3.63, 3.8) is 0 Å². The number of urea groups is 1. The summed E-state index contributed by atoms with van der Waals surface area (Å²) in [6, 6.07) is -2.10. The summed E-state index contributed by atoms with van der Waals surface area (Å²) in [4.78, 5) is 13.3. The maximum Gasteiger partial charge on any atom is 0.343 e. The average molecular weight is 163 g/mol. The van der Waals surface area contributed by atoms with E-state index in [-0.39, 0.29) is 0 Å². The van der Waals surface area contributed by atoms with Crippen molar-refractivity contribution in [1.29, 1.82) is 0 Å². The number of hydrogen-bond donors (Lipinski definition) is 2. The molecular formula is C5H7F2N3O. The molecule has 0 aromatic heterocycles. The van der Waals surface area contributed by atoms with E-state index in [1.54, 1.807) is 0 Å². The van der Waals surface area contributed by atoms with Gasteiger partial charge >= 0.3 is 12.0 Å². The summed E-state index contributed by atoms with van der Waals surface area (Å²) >= 11 is 0. The van der Waals surface area contributed by atoms with Crippen molar-refractivity contribution < 1.29 is 13.6 Å². The number of nitrogens with two attached hydrogens (primary N) is 1. The van der Waals surface area contributed by atoms with Gasteiger partial charge in [0.05, 0.1) is 6.04 Å². The Hall–Kier alpha value is -1.20. The van der Waals surface area contributed by atoms with Crippen LogP contribution in [0.1, 0.15) is 6.92 Å². The van der Waals surface area contributed by atoms with Crippen molar-refractivity contribution in [3.05, 3.63) is 0 Å². The lowest BCUT2D eigenvalue weighted by molar-refractivity contribution is 0.0390. The summed E-state index contributed by atoms with van der Waals surface area (Å²) in [5.74, 6) is -4.15. The molecule has 6 heteroatoms. The van der Waals surface area contributed by atoms with Crippen LogP contribution in [0.25, 0.3) is 0 Å². The summed E-state index contributed by atoms with van der Waals surface area (Å²) in [6.07, 6.45) is 0. The van der Waals surface area contributed by atoms with Crippen molar-refractivity contribution in [1.82, 2.24) is 5.32 Å². The standard InChI is InChI=1S/C5H7F2N3O/c1-2-5(6,7)3(8)10-4(11)9-2/h2H,1H3,(H3,8,9,10,11). The molecule has 4 nitrogen and oxygen atoms in total. The molecule has 1 rings (SSSR count). The number of hydrogen-bond acceptors (Lipinski definition) is 2. The number of amides is 2. The molecule has 0 aromatic rings. The fourth-order valence-electron chi connectivity index (χ4n) is 0.714. The van der Waals surface area contributed by atoms with Gasteiger partial charge in [-0.15, -0.1) is 0 Å². The van der Waals surface area contributed by atoms with Crippen LogP contribution in [0.15, 0.2) is 4.99 Å². The molecule has 0 aliphatic carbocycles. The van der Waals surface area contributed by atoms with Crippen molar-refractivity contribution >= 4 is 11.9 Å². The van der Waals surface area contributed by atoms with Crippen LogP contribution in [0.2, 0.25) is 0 Å².